The molecule has 0 saturated carbocycles. The molecule has 0 spiro atoms. The number of hydrogen-bond acceptors (Lipinski definition) is 1. The summed E-state index contributed by atoms with van der Waals surface area (Å²) in [6, 6.07) is 15.0. The van der Waals surface area contributed by atoms with Gasteiger partial charge in [-0.25, -0.2) is 0 Å². The van der Waals surface area contributed by atoms with Gasteiger partial charge in [-0.3, -0.25) is 0 Å². The van der Waals surface area contributed by atoms with Crippen LogP contribution in [0.3, 0.4) is 0 Å². The fraction of sp³-hybridized carbons (Fsp3) is 0.125. The predicted octanol–water partition coefficient (Wildman–Crippen LogP) is 3.79. The van der Waals surface area contributed by atoms with Crippen molar-refractivity contribution in [3.63, 3.8) is 0 Å². The second kappa shape index (κ2) is 5.73. The van der Waals surface area contributed by atoms with E-state index >= 15 is 0 Å². The molecule has 0 aliphatic heterocycles. The minimum absolute atomic E-state index is 0.470. The number of halogens is 1. The minimum Gasteiger partial charge on any atom is -0.389 e. The van der Waals surface area contributed by atoms with E-state index in [1.807, 2.05) is 48.5 Å². The van der Waals surface area contributed by atoms with Crippen molar-refractivity contribution in [2.45, 2.75) is 13.0 Å². The lowest BCUT2D eigenvalue weighted by Gasteiger charge is -2.03. The van der Waals surface area contributed by atoms with Crippen LogP contribution in [-0.4, -0.2) is 5.11 Å². The van der Waals surface area contributed by atoms with Crippen molar-refractivity contribution in [1.29, 1.82) is 0 Å². The number of benzene rings is 2. The van der Waals surface area contributed by atoms with Crippen LogP contribution in [0.2, 0.25) is 5.02 Å². The monoisotopic (exact) mass is 256 g/mol. The predicted molar refractivity (Wildman–Crippen MR) is 74.5 cm³/mol. The average Bonchev–Trinajstić information content (AvgIpc) is 2.38. The molecule has 0 aliphatic carbocycles. The standard InChI is InChI=1S/C16H13ClO/c1-12(18)15-4-2-3-14(11-15)6-5-13-7-9-16(17)10-8-13/h2-4,7-12,18H,1H3/t12-/m0/s1. The molecule has 0 unspecified atom stereocenters. The molecule has 0 heterocycles. The van der Waals surface area contributed by atoms with Crippen LogP contribution in [0.15, 0.2) is 48.5 Å². The van der Waals surface area contributed by atoms with E-state index < -0.39 is 6.10 Å². The molecule has 1 N–H and O–H groups in total. The topological polar surface area (TPSA) is 20.2 Å². The molecule has 2 heteroatoms. The van der Waals surface area contributed by atoms with Crippen molar-refractivity contribution in [3.05, 3.63) is 70.2 Å². The Morgan fingerprint density at radius 1 is 1.00 bits per heavy atom. The van der Waals surface area contributed by atoms with Crippen molar-refractivity contribution < 1.29 is 5.11 Å². The van der Waals surface area contributed by atoms with Crippen LogP contribution in [-0.2, 0) is 0 Å². The third-order valence-electron chi connectivity index (χ3n) is 2.56. The number of aliphatic hydroxyl groups excluding tert-OH is 1. The zero-order valence-electron chi connectivity index (χ0n) is 10.0. The third kappa shape index (κ3) is 3.37. The molecule has 2 aromatic carbocycles. The fourth-order valence-electron chi connectivity index (χ4n) is 1.55. The first kappa shape index (κ1) is 12.7. The molecule has 90 valence electrons. The minimum atomic E-state index is -0.470. The molecule has 1 nitrogen and oxygen atoms in total. The van der Waals surface area contributed by atoms with Crippen molar-refractivity contribution in [2.75, 3.05) is 0 Å². The van der Waals surface area contributed by atoms with Gasteiger partial charge < -0.3 is 5.11 Å². The molecule has 2 rings (SSSR count). The summed E-state index contributed by atoms with van der Waals surface area (Å²) in [5.74, 6) is 6.14. The highest BCUT2D eigenvalue weighted by atomic mass is 35.5. The second-order valence-electron chi connectivity index (χ2n) is 4.06. The van der Waals surface area contributed by atoms with Gasteiger partial charge in [0.05, 0.1) is 6.10 Å². The molecule has 0 aliphatic rings. The van der Waals surface area contributed by atoms with Gasteiger partial charge in [-0.15, -0.1) is 0 Å². The van der Waals surface area contributed by atoms with Gasteiger partial charge in [-0.05, 0) is 48.9 Å². The third-order valence-corrected chi connectivity index (χ3v) is 2.82. The molecular formula is C16H13ClO. The summed E-state index contributed by atoms with van der Waals surface area (Å²) in [6.45, 7) is 1.74. The molecule has 2 aromatic rings. The number of hydrogen-bond donors (Lipinski definition) is 1. The maximum absolute atomic E-state index is 9.50. The highest BCUT2D eigenvalue weighted by molar-refractivity contribution is 6.30. The van der Waals surface area contributed by atoms with Crippen molar-refractivity contribution in [1.82, 2.24) is 0 Å². The van der Waals surface area contributed by atoms with E-state index in [4.69, 9.17) is 11.6 Å². The quantitative estimate of drug-likeness (QED) is 0.770. The Balaban J connectivity index is 2.24. The number of aliphatic hydroxyl groups is 1. The lowest BCUT2D eigenvalue weighted by atomic mass is 10.1. The lowest BCUT2D eigenvalue weighted by molar-refractivity contribution is 0.199. The van der Waals surface area contributed by atoms with Crippen LogP contribution in [0.1, 0.15) is 29.7 Å². The summed E-state index contributed by atoms with van der Waals surface area (Å²) >= 11 is 5.81. The van der Waals surface area contributed by atoms with Crippen LogP contribution in [0, 0.1) is 11.8 Å². The Hall–Kier alpha value is -1.75. The Morgan fingerprint density at radius 3 is 2.33 bits per heavy atom. The summed E-state index contributed by atoms with van der Waals surface area (Å²) in [4.78, 5) is 0. The first-order valence-corrected chi connectivity index (χ1v) is 6.08. The summed E-state index contributed by atoms with van der Waals surface area (Å²) < 4.78 is 0. The summed E-state index contributed by atoms with van der Waals surface area (Å²) in [6.07, 6.45) is -0.470. The zero-order chi connectivity index (χ0) is 13.0. The molecule has 18 heavy (non-hydrogen) atoms. The molecule has 0 amide bonds. The largest absolute Gasteiger partial charge is 0.389 e. The van der Waals surface area contributed by atoms with Crippen LogP contribution in [0.5, 0.6) is 0 Å². The van der Waals surface area contributed by atoms with E-state index in [-0.39, 0.29) is 0 Å². The summed E-state index contributed by atoms with van der Waals surface area (Å²) in [5.41, 5.74) is 2.68. The SMILES string of the molecule is C[C@H](O)c1cccc(C#Cc2ccc(Cl)cc2)c1. The van der Waals surface area contributed by atoms with Crippen LogP contribution < -0.4 is 0 Å². The van der Waals surface area contributed by atoms with E-state index in [1.54, 1.807) is 6.92 Å². The van der Waals surface area contributed by atoms with E-state index in [9.17, 15) is 5.11 Å². The van der Waals surface area contributed by atoms with Gasteiger partial charge in [0, 0.05) is 16.1 Å². The first-order chi connectivity index (χ1) is 8.65. The fourth-order valence-corrected chi connectivity index (χ4v) is 1.68. The van der Waals surface area contributed by atoms with E-state index in [0.29, 0.717) is 5.02 Å². The molecule has 0 aromatic heterocycles. The van der Waals surface area contributed by atoms with Gasteiger partial charge in [0.15, 0.2) is 0 Å². The molecular weight excluding hydrogens is 244 g/mol. The van der Waals surface area contributed by atoms with Gasteiger partial charge in [0.1, 0.15) is 0 Å². The smallest absolute Gasteiger partial charge is 0.0762 e. The molecule has 0 radical (unpaired) electrons. The Morgan fingerprint density at radius 2 is 1.67 bits per heavy atom. The highest BCUT2D eigenvalue weighted by Gasteiger charge is 1.99. The van der Waals surface area contributed by atoms with Gasteiger partial charge in [-0.2, -0.15) is 0 Å². The average molecular weight is 257 g/mol. The van der Waals surface area contributed by atoms with Crippen molar-refractivity contribution in [2.24, 2.45) is 0 Å². The normalized spacial score (nSPS) is 11.5. The molecule has 0 fully saturated rings. The molecule has 0 saturated heterocycles. The van der Waals surface area contributed by atoms with Gasteiger partial charge in [-0.1, -0.05) is 35.6 Å². The van der Waals surface area contributed by atoms with Crippen molar-refractivity contribution >= 4 is 11.6 Å². The van der Waals surface area contributed by atoms with E-state index in [2.05, 4.69) is 11.8 Å². The number of rotatable bonds is 1. The summed E-state index contributed by atoms with van der Waals surface area (Å²) in [5, 5.41) is 10.2. The maximum Gasteiger partial charge on any atom is 0.0762 e. The van der Waals surface area contributed by atoms with Crippen LogP contribution in [0.4, 0.5) is 0 Å². The molecule has 0 bridgehead atoms. The Bertz CT molecular complexity index is 588. The van der Waals surface area contributed by atoms with E-state index in [0.717, 1.165) is 16.7 Å². The lowest BCUT2D eigenvalue weighted by Crippen LogP contribution is -1.90. The maximum atomic E-state index is 9.50. The highest BCUT2D eigenvalue weighted by Crippen LogP contribution is 2.13. The van der Waals surface area contributed by atoms with Crippen LogP contribution in [0.25, 0.3) is 0 Å². The van der Waals surface area contributed by atoms with Gasteiger partial charge in [0.2, 0.25) is 0 Å². The second-order valence-corrected chi connectivity index (χ2v) is 4.49. The van der Waals surface area contributed by atoms with Gasteiger partial charge in [0.25, 0.3) is 0 Å². The van der Waals surface area contributed by atoms with Crippen LogP contribution >= 0.6 is 11.6 Å². The van der Waals surface area contributed by atoms with Crippen molar-refractivity contribution in [3.8, 4) is 11.8 Å². The molecule has 1 atom stereocenters. The van der Waals surface area contributed by atoms with Gasteiger partial charge >= 0.3 is 0 Å². The van der Waals surface area contributed by atoms with E-state index in [1.165, 1.54) is 0 Å². The zero-order valence-corrected chi connectivity index (χ0v) is 10.8. The summed E-state index contributed by atoms with van der Waals surface area (Å²) in [7, 11) is 0. The first-order valence-electron chi connectivity index (χ1n) is 5.71. The Labute approximate surface area is 112 Å². The Kier molecular flexibility index (Phi) is 4.04.